The van der Waals surface area contributed by atoms with E-state index in [1.807, 2.05) is 18.5 Å². The van der Waals surface area contributed by atoms with E-state index in [1.165, 1.54) is 19.3 Å². The second-order valence-electron chi connectivity index (χ2n) is 5.65. The molecule has 0 radical (unpaired) electrons. The Kier molecular flexibility index (Phi) is 13.9. The fourth-order valence-electron chi connectivity index (χ4n) is 2.09. The van der Waals surface area contributed by atoms with E-state index in [0.29, 0.717) is 6.54 Å². The number of aryl methyl sites for hydroxylation is 1. The summed E-state index contributed by atoms with van der Waals surface area (Å²) in [5, 5.41) is 14.9. The van der Waals surface area contributed by atoms with Crippen molar-refractivity contribution in [3.8, 4) is 0 Å². The molecule has 0 aliphatic carbocycles. The summed E-state index contributed by atoms with van der Waals surface area (Å²) < 4.78 is 7.04. The summed E-state index contributed by atoms with van der Waals surface area (Å²) in [7, 11) is 3.68. The summed E-state index contributed by atoms with van der Waals surface area (Å²) in [6.45, 7) is 7.21. The van der Waals surface area contributed by atoms with Crippen LogP contribution in [-0.2, 0) is 18.3 Å². The van der Waals surface area contributed by atoms with Gasteiger partial charge in [-0.15, -0.1) is 34.2 Å². The fourth-order valence-corrected chi connectivity index (χ4v) is 2.09. The quantitative estimate of drug-likeness (QED) is 0.233. The van der Waals surface area contributed by atoms with Crippen molar-refractivity contribution in [3.05, 3.63) is 11.6 Å². The first kappa shape index (κ1) is 23.1. The molecule has 0 saturated carbocycles. The van der Waals surface area contributed by atoms with Crippen LogP contribution in [0.1, 0.15) is 50.7 Å². The van der Waals surface area contributed by atoms with Crippen LogP contribution >= 0.6 is 24.0 Å². The number of ether oxygens (including phenoxy) is 1. The monoisotopic (exact) mass is 452 g/mol. The van der Waals surface area contributed by atoms with Gasteiger partial charge in [-0.2, -0.15) is 0 Å². The van der Waals surface area contributed by atoms with E-state index in [-0.39, 0.29) is 24.0 Å². The van der Waals surface area contributed by atoms with Gasteiger partial charge in [0.15, 0.2) is 11.8 Å². The van der Waals surface area contributed by atoms with Gasteiger partial charge in [-0.1, -0.05) is 26.2 Å². The Morgan fingerprint density at radius 3 is 2.42 bits per heavy atom. The Balaban J connectivity index is 0.00000529. The highest BCUT2D eigenvalue weighted by Gasteiger charge is 2.05. The van der Waals surface area contributed by atoms with E-state index in [0.717, 1.165) is 50.1 Å². The molecule has 0 aliphatic heterocycles. The number of hydrogen-bond acceptors (Lipinski definition) is 4. The number of hydrogen-bond donors (Lipinski definition) is 2. The molecule has 0 fully saturated rings. The number of halogens is 1. The second-order valence-corrected chi connectivity index (χ2v) is 5.65. The molecule has 0 amide bonds. The summed E-state index contributed by atoms with van der Waals surface area (Å²) in [6, 6.07) is 0. The number of nitrogens with one attached hydrogen (secondary N) is 2. The van der Waals surface area contributed by atoms with E-state index < -0.39 is 0 Å². The number of rotatable bonds is 11. The van der Waals surface area contributed by atoms with Crippen LogP contribution in [-0.4, -0.2) is 47.5 Å². The molecule has 0 atom stereocenters. The van der Waals surface area contributed by atoms with Crippen LogP contribution in [0.2, 0.25) is 0 Å². The standard InChI is InChI=1S/C16H32N6O.HI/c1-5-6-7-8-10-17-16(18-11-9-12-23-4)19-13-15-21-20-14(2)22(15)3;/h5-13H2,1-4H3,(H2,17,18,19);1H. The van der Waals surface area contributed by atoms with Crippen LogP contribution in [0.25, 0.3) is 0 Å². The number of methoxy groups -OCH3 is 1. The van der Waals surface area contributed by atoms with Crippen molar-refractivity contribution >= 4 is 29.9 Å². The van der Waals surface area contributed by atoms with Gasteiger partial charge in [0.25, 0.3) is 0 Å². The smallest absolute Gasteiger partial charge is 0.191 e. The molecule has 7 nitrogen and oxygen atoms in total. The lowest BCUT2D eigenvalue weighted by atomic mass is 10.2. The summed E-state index contributed by atoms with van der Waals surface area (Å²) in [5.41, 5.74) is 0. The molecule has 0 saturated heterocycles. The summed E-state index contributed by atoms with van der Waals surface area (Å²) in [5.74, 6) is 2.60. The topological polar surface area (TPSA) is 76.4 Å². The van der Waals surface area contributed by atoms with Gasteiger partial charge in [0, 0.05) is 33.9 Å². The molecule has 2 N–H and O–H groups in total. The summed E-state index contributed by atoms with van der Waals surface area (Å²) in [6.07, 6.45) is 5.91. The molecular weight excluding hydrogens is 419 g/mol. The van der Waals surface area contributed by atoms with Crippen molar-refractivity contribution in [2.24, 2.45) is 12.0 Å². The van der Waals surface area contributed by atoms with Gasteiger partial charge in [-0.3, -0.25) is 0 Å². The Labute approximate surface area is 163 Å². The molecule has 24 heavy (non-hydrogen) atoms. The maximum atomic E-state index is 5.07. The summed E-state index contributed by atoms with van der Waals surface area (Å²) >= 11 is 0. The first-order valence-electron chi connectivity index (χ1n) is 8.55. The molecule has 140 valence electrons. The molecular formula is C16H33IN6O. The van der Waals surface area contributed by atoms with Crippen LogP contribution in [0.5, 0.6) is 0 Å². The molecule has 0 aliphatic rings. The molecule has 0 spiro atoms. The highest BCUT2D eigenvalue weighted by molar-refractivity contribution is 14.0. The van der Waals surface area contributed by atoms with E-state index >= 15 is 0 Å². The minimum absolute atomic E-state index is 0. The number of unbranched alkanes of at least 4 members (excludes halogenated alkanes) is 3. The van der Waals surface area contributed by atoms with Crippen molar-refractivity contribution in [2.75, 3.05) is 26.8 Å². The Morgan fingerprint density at radius 1 is 1.12 bits per heavy atom. The fraction of sp³-hybridized carbons (Fsp3) is 0.812. The molecule has 1 aromatic heterocycles. The molecule has 1 rings (SSSR count). The maximum absolute atomic E-state index is 5.07. The average Bonchev–Trinajstić information content (AvgIpc) is 2.87. The van der Waals surface area contributed by atoms with Crippen LogP contribution in [0.3, 0.4) is 0 Å². The second kappa shape index (κ2) is 14.4. The lowest BCUT2D eigenvalue weighted by Gasteiger charge is -2.12. The van der Waals surface area contributed by atoms with Crippen molar-refractivity contribution in [3.63, 3.8) is 0 Å². The van der Waals surface area contributed by atoms with Gasteiger partial charge in [0.2, 0.25) is 0 Å². The molecule has 8 heteroatoms. The number of guanidine groups is 1. The largest absolute Gasteiger partial charge is 0.385 e. The lowest BCUT2D eigenvalue weighted by molar-refractivity contribution is 0.195. The van der Waals surface area contributed by atoms with Crippen LogP contribution in [0.15, 0.2) is 4.99 Å². The van der Waals surface area contributed by atoms with Crippen molar-refractivity contribution in [2.45, 2.75) is 52.5 Å². The third kappa shape index (κ3) is 9.41. The Hall–Kier alpha value is -0.900. The van der Waals surface area contributed by atoms with Gasteiger partial charge in [0.05, 0.1) is 0 Å². The van der Waals surface area contributed by atoms with Crippen molar-refractivity contribution in [1.82, 2.24) is 25.4 Å². The first-order chi connectivity index (χ1) is 11.2. The third-order valence-corrected chi connectivity index (χ3v) is 3.70. The van der Waals surface area contributed by atoms with Crippen molar-refractivity contribution < 1.29 is 4.74 Å². The van der Waals surface area contributed by atoms with Crippen LogP contribution in [0.4, 0.5) is 0 Å². The number of aromatic nitrogens is 3. The maximum Gasteiger partial charge on any atom is 0.191 e. The van der Waals surface area contributed by atoms with Gasteiger partial charge in [-0.05, 0) is 19.8 Å². The lowest BCUT2D eigenvalue weighted by Crippen LogP contribution is -2.38. The van der Waals surface area contributed by atoms with Crippen LogP contribution in [0, 0.1) is 6.92 Å². The van der Waals surface area contributed by atoms with Gasteiger partial charge < -0.3 is 19.9 Å². The minimum Gasteiger partial charge on any atom is -0.385 e. The molecule has 1 aromatic rings. The normalized spacial score (nSPS) is 11.2. The predicted molar refractivity (Wildman–Crippen MR) is 109 cm³/mol. The average molecular weight is 452 g/mol. The van der Waals surface area contributed by atoms with Gasteiger partial charge in [0.1, 0.15) is 12.4 Å². The molecule has 0 bridgehead atoms. The predicted octanol–water partition coefficient (Wildman–Crippen LogP) is 2.39. The van der Waals surface area contributed by atoms with E-state index in [2.05, 4.69) is 32.7 Å². The van der Waals surface area contributed by atoms with Gasteiger partial charge >= 0.3 is 0 Å². The molecule has 1 heterocycles. The zero-order valence-corrected chi connectivity index (χ0v) is 17.8. The first-order valence-corrected chi connectivity index (χ1v) is 8.55. The van der Waals surface area contributed by atoms with E-state index in [1.54, 1.807) is 7.11 Å². The third-order valence-electron chi connectivity index (χ3n) is 3.70. The van der Waals surface area contributed by atoms with Crippen molar-refractivity contribution in [1.29, 1.82) is 0 Å². The SMILES string of the molecule is CCCCCCNC(=NCc1nnc(C)n1C)NCCCOC.I. The van der Waals surface area contributed by atoms with E-state index in [4.69, 9.17) is 4.74 Å². The molecule has 0 aromatic carbocycles. The molecule has 0 unspecified atom stereocenters. The summed E-state index contributed by atoms with van der Waals surface area (Å²) in [4.78, 5) is 4.61. The van der Waals surface area contributed by atoms with Crippen LogP contribution < -0.4 is 10.6 Å². The zero-order valence-electron chi connectivity index (χ0n) is 15.5. The minimum atomic E-state index is 0. The Bertz CT molecular complexity index is 463. The highest BCUT2D eigenvalue weighted by atomic mass is 127. The van der Waals surface area contributed by atoms with Gasteiger partial charge in [-0.25, -0.2) is 4.99 Å². The Morgan fingerprint density at radius 2 is 1.83 bits per heavy atom. The van der Waals surface area contributed by atoms with E-state index in [9.17, 15) is 0 Å². The zero-order chi connectivity index (χ0) is 16.9. The highest BCUT2D eigenvalue weighted by Crippen LogP contribution is 2.00. The number of nitrogens with zero attached hydrogens (tertiary/aromatic N) is 4. The number of aliphatic imine (C=N–C) groups is 1.